The lowest BCUT2D eigenvalue weighted by Gasteiger charge is -2.29. The smallest absolute Gasteiger partial charge is 0.422 e. The minimum absolute atomic E-state index is 0.0234. The Morgan fingerprint density at radius 2 is 1.97 bits per heavy atom. The molecule has 12 heteroatoms. The third-order valence-electron chi connectivity index (χ3n) is 5.14. The average molecular weight is 467 g/mol. The first-order valence-electron chi connectivity index (χ1n) is 10.3. The first-order valence-corrected chi connectivity index (χ1v) is 10.3. The van der Waals surface area contributed by atoms with Crippen LogP contribution in [0.25, 0.3) is 0 Å². The molecule has 0 aliphatic carbocycles. The van der Waals surface area contributed by atoms with Crippen LogP contribution in [0.5, 0.6) is 5.75 Å². The Hall–Kier alpha value is -3.41. The summed E-state index contributed by atoms with van der Waals surface area (Å²) in [6, 6.07) is 7.09. The van der Waals surface area contributed by atoms with Crippen molar-refractivity contribution in [1.29, 1.82) is 0 Å². The number of unbranched alkanes of at least 4 members (excludes halogenated alkanes) is 1. The SMILES string of the molecule is CC[C@@](O)(c1cccc(OCC(F)(F)F)c1)n1nncc1CCCCn1ccc(=O)[nH]c1=O. The van der Waals surface area contributed by atoms with Crippen molar-refractivity contribution >= 4 is 0 Å². The van der Waals surface area contributed by atoms with Crippen LogP contribution in [0.2, 0.25) is 0 Å². The molecule has 0 radical (unpaired) electrons. The fourth-order valence-corrected chi connectivity index (χ4v) is 3.42. The highest BCUT2D eigenvalue weighted by Crippen LogP contribution is 2.31. The number of nitrogens with one attached hydrogen (secondary N) is 1. The molecule has 0 saturated carbocycles. The summed E-state index contributed by atoms with van der Waals surface area (Å²) in [4.78, 5) is 25.1. The van der Waals surface area contributed by atoms with Crippen molar-refractivity contribution in [3.05, 3.63) is 74.8 Å². The predicted octanol–water partition coefficient (Wildman–Crippen LogP) is 2.20. The summed E-state index contributed by atoms with van der Waals surface area (Å²) in [6.07, 6.45) is 0.371. The van der Waals surface area contributed by atoms with Crippen LogP contribution in [0.3, 0.4) is 0 Å². The predicted molar refractivity (Wildman–Crippen MR) is 112 cm³/mol. The molecule has 0 amide bonds. The van der Waals surface area contributed by atoms with Crippen LogP contribution in [-0.2, 0) is 18.7 Å². The maximum Gasteiger partial charge on any atom is 0.422 e. The number of rotatable bonds is 10. The molecule has 0 fully saturated rings. The molecular weight excluding hydrogens is 443 g/mol. The van der Waals surface area contributed by atoms with Gasteiger partial charge in [-0.2, -0.15) is 13.2 Å². The Labute approximate surface area is 186 Å². The Kier molecular flexibility index (Phi) is 7.36. The van der Waals surface area contributed by atoms with E-state index < -0.39 is 29.8 Å². The van der Waals surface area contributed by atoms with E-state index >= 15 is 0 Å². The maximum atomic E-state index is 12.5. The molecule has 0 saturated heterocycles. The Morgan fingerprint density at radius 1 is 1.18 bits per heavy atom. The van der Waals surface area contributed by atoms with Crippen molar-refractivity contribution in [3.8, 4) is 5.75 Å². The van der Waals surface area contributed by atoms with Crippen LogP contribution >= 0.6 is 0 Å². The summed E-state index contributed by atoms with van der Waals surface area (Å²) in [5.74, 6) is -0.0234. The summed E-state index contributed by atoms with van der Waals surface area (Å²) in [5.41, 5.74) is -1.65. The number of hydrogen-bond donors (Lipinski definition) is 2. The number of halogens is 3. The van der Waals surface area contributed by atoms with Gasteiger partial charge in [-0.1, -0.05) is 24.3 Å². The Bertz CT molecular complexity index is 1190. The minimum Gasteiger partial charge on any atom is -0.484 e. The molecule has 0 spiro atoms. The molecule has 2 N–H and O–H groups in total. The molecule has 33 heavy (non-hydrogen) atoms. The summed E-state index contributed by atoms with van der Waals surface area (Å²) in [7, 11) is 0. The lowest BCUT2D eigenvalue weighted by molar-refractivity contribution is -0.153. The van der Waals surface area contributed by atoms with E-state index in [4.69, 9.17) is 4.74 Å². The second-order valence-electron chi connectivity index (χ2n) is 7.50. The topological polar surface area (TPSA) is 115 Å². The molecule has 0 aliphatic rings. The Morgan fingerprint density at radius 3 is 2.67 bits per heavy atom. The number of aromatic nitrogens is 5. The van der Waals surface area contributed by atoms with Gasteiger partial charge in [-0.3, -0.25) is 9.78 Å². The fourth-order valence-electron chi connectivity index (χ4n) is 3.42. The second kappa shape index (κ2) is 10.0. The molecule has 0 bridgehead atoms. The van der Waals surface area contributed by atoms with Crippen molar-refractivity contribution in [3.63, 3.8) is 0 Å². The van der Waals surface area contributed by atoms with Gasteiger partial charge < -0.3 is 14.4 Å². The van der Waals surface area contributed by atoms with Crippen molar-refractivity contribution < 1.29 is 23.0 Å². The maximum absolute atomic E-state index is 12.5. The van der Waals surface area contributed by atoms with E-state index in [2.05, 4.69) is 15.3 Å². The zero-order valence-corrected chi connectivity index (χ0v) is 17.9. The van der Waals surface area contributed by atoms with Gasteiger partial charge in [-0.05, 0) is 37.8 Å². The van der Waals surface area contributed by atoms with Crippen LogP contribution in [0.1, 0.15) is 37.4 Å². The molecule has 1 aromatic carbocycles. The molecule has 3 aromatic rings. The number of ether oxygens (including phenoxy) is 1. The number of H-pyrrole nitrogens is 1. The number of hydrogen-bond acceptors (Lipinski definition) is 6. The number of benzene rings is 1. The second-order valence-corrected chi connectivity index (χ2v) is 7.50. The standard InChI is InChI=1S/C21H24F3N5O4/c1-2-20(32,15-6-5-8-17(12-15)33-14-21(22,23)24)29-16(13-25-27-29)7-3-4-10-28-11-9-18(30)26-19(28)31/h5-6,8-9,11-13,32H,2-4,7,10,14H2,1H3,(H,26,30,31)/t20-/m1/s1. The molecule has 2 heterocycles. The van der Waals surface area contributed by atoms with Gasteiger partial charge in [0.2, 0.25) is 0 Å². The van der Waals surface area contributed by atoms with Crippen LogP contribution < -0.4 is 16.0 Å². The lowest BCUT2D eigenvalue weighted by Crippen LogP contribution is -2.36. The molecule has 0 unspecified atom stereocenters. The molecule has 9 nitrogen and oxygen atoms in total. The van der Waals surface area contributed by atoms with Crippen LogP contribution in [0.4, 0.5) is 13.2 Å². The van der Waals surface area contributed by atoms with Gasteiger partial charge in [0.1, 0.15) is 5.75 Å². The van der Waals surface area contributed by atoms with Gasteiger partial charge in [-0.15, -0.1) is 5.10 Å². The fraction of sp³-hybridized carbons (Fsp3) is 0.429. The first-order chi connectivity index (χ1) is 15.6. The van der Waals surface area contributed by atoms with Gasteiger partial charge >= 0.3 is 11.9 Å². The highest BCUT2D eigenvalue weighted by Gasteiger charge is 2.33. The molecular formula is C21H24F3N5O4. The number of alkyl halides is 3. The van der Waals surface area contributed by atoms with Gasteiger partial charge in [-0.25, -0.2) is 9.48 Å². The van der Waals surface area contributed by atoms with E-state index in [0.717, 1.165) is 0 Å². The Balaban J connectivity index is 1.71. The zero-order chi connectivity index (χ0) is 24.1. The number of aliphatic hydroxyl groups is 1. The zero-order valence-electron chi connectivity index (χ0n) is 17.9. The average Bonchev–Trinajstić information content (AvgIpc) is 3.25. The lowest BCUT2D eigenvalue weighted by atomic mass is 9.99. The third-order valence-corrected chi connectivity index (χ3v) is 5.14. The normalized spacial score (nSPS) is 13.6. The highest BCUT2D eigenvalue weighted by atomic mass is 19.4. The van der Waals surface area contributed by atoms with Crippen LogP contribution in [0.15, 0.2) is 52.3 Å². The number of nitrogens with zero attached hydrogens (tertiary/aromatic N) is 4. The first kappa shape index (κ1) is 24.2. The molecule has 2 aromatic heterocycles. The van der Waals surface area contributed by atoms with Gasteiger partial charge in [0, 0.05) is 24.4 Å². The molecule has 3 rings (SSSR count). The van der Waals surface area contributed by atoms with E-state index in [1.165, 1.54) is 45.9 Å². The van der Waals surface area contributed by atoms with Gasteiger partial charge in [0.15, 0.2) is 12.3 Å². The molecule has 0 aliphatic heterocycles. The monoisotopic (exact) mass is 467 g/mol. The summed E-state index contributed by atoms with van der Waals surface area (Å²) >= 11 is 0. The van der Waals surface area contributed by atoms with E-state index in [9.17, 15) is 27.9 Å². The van der Waals surface area contributed by atoms with E-state index in [0.29, 0.717) is 37.1 Å². The van der Waals surface area contributed by atoms with E-state index in [-0.39, 0.29) is 12.2 Å². The van der Waals surface area contributed by atoms with Crippen molar-refractivity contribution in [1.82, 2.24) is 24.5 Å². The molecule has 178 valence electrons. The van der Waals surface area contributed by atoms with Crippen LogP contribution in [-0.4, -0.2) is 42.4 Å². The van der Waals surface area contributed by atoms with Gasteiger partial charge in [0.05, 0.1) is 11.9 Å². The van der Waals surface area contributed by atoms with Crippen LogP contribution in [0, 0.1) is 0 Å². The molecule has 1 atom stereocenters. The third kappa shape index (κ3) is 6.09. The summed E-state index contributed by atoms with van der Waals surface area (Å²) in [6.45, 7) is 0.680. The van der Waals surface area contributed by atoms with E-state index in [1.807, 2.05) is 0 Å². The van der Waals surface area contributed by atoms with Crippen molar-refractivity contribution in [2.24, 2.45) is 0 Å². The summed E-state index contributed by atoms with van der Waals surface area (Å²) < 4.78 is 45.0. The number of aryl methyl sites for hydroxylation is 2. The van der Waals surface area contributed by atoms with Gasteiger partial charge in [0.25, 0.3) is 5.56 Å². The quantitative estimate of drug-likeness (QED) is 0.442. The number of aromatic amines is 1. The largest absolute Gasteiger partial charge is 0.484 e. The summed E-state index contributed by atoms with van der Waals surface area (Å²) in [5, 5.41) is 19.3. The van der Waals surface area contributed by atoms with Crippen molar-refractivity contribution in [2.75, 3.05) is 6.61 Å². The van der Waals surface area contributed by atoms with Crippen molar-refractivity contribution in [2.45, 2.75) is 51.1 Å². The van der Waals surface area contributed by atoms with E-state index in [1.54, 1.807) is 13.0 Å². The minimum atomic E-state index is -4.48. The highest BCUT2D eigenvalue weighted by molar-refractivity contribution is 5.33.